The first kappa shape index (κ1) is 19.8. The van der Waals surface area contributed by atoms with Gasteiger partial charge in [-0.3, -0.25) is 9.10 Å². The zero-order valence-electron chi connectivity index (χ0n) is 15.6. The maximum absolute atomic E-state index is 12.7. The molecule has 0 aliphatic rings. The summed E-state index contributed by atoms with van der Waals surface area (Å²) in [6.07, 6.45) is 1.09. The average Bonchev–Trinajstić information content (AvgIpc) is 2.55. The van der Waals surface area contributed by atoms with Crippen LogP contribution >= 0.6 is 0 Å². The average molecular weight is 376 g/mol. The first-order valence-corrected chi connectivity index (χ1v) is 10.00. The first-order valence-electron chi connectivity index (χ1n) is 8.15. The van der Waals surface area contributed by atoms with E-state index in [1.807, 2.05) is 32.0 Å². The summed E-state index contributed by atoms with van der Waals surface area (Å²) in [5, 5.41) is 2.77. The van der Waals surface area contributed by atoms with E-state index in [0.29, 0.717) is 17.1 Å². The van der Waals surface area contributed by atoms with Crippen LogP contribution in [0.25, 0.3) is 0 Å². The lowest BCUT2D eigenvalue weighted by Crippen LogP contribution is -2.45. The minimum atomic E-state index is -3.65. The van der Waals surface area contributed by atoms with E-state index in [1.165, 1.54) is 7.11 Å². The van der Waals surface area contributed by atoms with Crippen molar-refractivity contribution in [2.45, 2.75) is 26.8 Å². The monoisotopic (exact) mass is 376 g/mol. The van der Waals surface area contributed by atoms with E-state index >= 15 is 0 Å². The first-order chi connectivity index (χ1) is 12.1. The number of hydrogen-bond acceptors (Lipinski definition) is 4. The Morgan fingerprint density at radius 1 is 1.08 bits per heavy atom. The second kappa shape index (κ2) is 7.78. The maximum atomic E-state index is 12.7. The number of benzene rings is 2. The highest BCUT2D eigenvalue weighted by Crippen LogP contribution is 2.27. The molecule has 1 amide bonds. The van der Waals surface area contributed by atoms with Crippen molar-refractivity contribution in [1.29, 1.82) is 0 Å². The second-order valence-electron chi connectivity index (χ2n) is 6.26. The molecule has 6 nitrogen and oxygen atoms in total. The molecule has 2 rings (SSSR count). The van der Waals surface area contributed by atoms with Crippen LogP contribution in [0, 0.1) is 13.8 Å². The zero-order chi connectivity index (χ0) is 19.5. The summed E-state index contributed by atoms with van der Waals surface area (Å²) in [7, 11) is -2.14. The highest BCUT2D eigenvalue weighted by molar-refractivity contribution is 7.92. The Kier molecular flexibility index (Phi) is 5.92. The molecular formula is C19H24N2O4S. The Bertz CT molecular complexity index is 892. The molecule has 1 atom stereocenters. The molecule has 0 heterocycles. The van der Waals surface area contributed by atoms with Gasteiger partial charge in [-0.25, -0.2) is 8.42 Å². The van der Waals surface area contributed by atoms with E-state index in [9.17, 15) is 13.2 Å². The molecule has 2 aromatic carbocycles. The number of ether oxygens (including phenoxy) is 1. The molecule has 0 saturated carbocycles. The summed E-state index contributed by atoms with van der Waals surface area (Å²) >= 11 is 0. The number of nitrogens with one attached hydrogen (secondary N) is 1. The molecule has 0 aliphatic heterocycles. The van der Waals surface area contributed by atoms with Crippen molar-refractivity contribution in [3.8, 4) is 5.75 Å². The van der Waals surface area contributed by atoms with Crippen LogP contribution in [0.2, 0.25) is 0 Å². The molecule has 0 bridgehead atoms. The van der Waals surface area contributed by atoms with Gasteiger partial charge >= 0.3 is 0 Å². The number of methoxy groups -OCH3 is 1. The van der Waals surface area contributed by atoms with Gasteiger partial charge in [-0.2, -0.15) is 0 Å². The van der Waals surface area contributed by atoms with Gasteiger partial charge in [-0.05, 0) is 50.6 Å². The van der Waals surface area contributed by atoms with Gasteiger partial charge in [0.25, 0.3) is 0 Å². The SMILES string of the molecule is COc1ccc(C)cc1NC(=O)[C@@H](C)N(c1ccc(C)cc1)S(C)(=O)=O. The van der Waals surface area contributed by atoms with Gasteiger partial charge in [0.1, 0.15) is 11.8 Å². The molecule has 0 aliphatic carbocycles. The Morgan fingerprint density at radius 2 is 1.65 bits per heavy atom. The van der Waals surface area contributed by atoms with Crippen molar-refractivity contribution in [2.24, 2.45) is 0 Å². The quantitative estimate of drug-likeness (QED) is 0.840. The van der Waals surface area contributed by atoms with Crippen LogP contribution in [0.15, 0.2) is 42.5 Å². The molecule has 0 fully saturated rings. The highest BCUT2D eigenvalue weighted by atomic mass is 32.2. The Hall–Kier alpha value is -2.54. The molecule has 0 unspecified atom stereocenters. The molecular weight excluding hydrogens is 352 g/mol. The molecule has 0 saturated heterocycles. The predicted molar refractivity (Wildman–Crippen MR) is 104 cm³/mol. The Morgan fingerprint density at radius 3 is 2.19 bits per heavy atom. The van der Waals surface area contributed by atoms with E-state index in [4.69, 9.17) is 4.74 Å². The number of carbonyl (C=O) groups is 1. The number of anilines is 2. The largest absolute Gasteiger partial charge is 0.495 e. The maximum Gasteiger partial charge on any atom is 0.248 e. The highest BCUT2D eigenvalue weighted by Gasteiger charge is 2.29. The van der Waals surface area contributed by atoms with E-state index in [1.54, 1.807) is 31.2 Å². The molecule has 7 heteroatoms. The van der Waals surface area contributed by atoms with E-state index < -0.39 is 22.0 Å². The fourth-order valence-electron chi connectivity index (χ4n) is 2.66. The van der Waals surface area contributed by atoms with Crippen LogP contribution in [0.3, 0.4) is 0 Å². The summed E-state index contributed by atoms with van der Waals surface area (Å²) in [6, 6.07) is 11.5. The van der Waals surface area contributed by atoms with Crippen molar-refractivity contribution in [3.63, 3.8) is 0 Å². The molecule has 0 radical (unpaired) electrons. The predicted octanol–water partition coefficient (Wildman–Crippen LogP) is 3.11. The molecule has 26 heavy (non-hydrogen) atoms. The minimum Gasteiger partial charge on any atom is -0.495 e. The summed E-state index contributed by atoms with van der Waals surface area (Å²) < 4.78 is 31.0. The summed E-state index contributed by atoms with van der Waals surface area (Å²) in [5.41, 5.74) is 2.90. The van der Waals surface area contributed by atoms with Crippen LogP contribution in [-0.4, -0.2) is 33.7 Å². The smallest absolute Gasteiger partial charge is 0.248 e. The number of sulfonamides is 1. The topological polar surface area (TPSA) is 75.7 Å². The third-order valence-corrected chi connectivity index (χ3v) is 5.23. The number of nitrogens with zero attached hydrogens (tertiary/aromatic N) is 1. The third kappa shape index (κ3) is 4.54. The Balaban J connectivity index is 2.34. The van der Waals surface area contributed by atoms with E-state index in [2.05, 4.69) is 5.32 Å². The van der Waals surface area contributed by atoms with Gasteiger partial charge < -0.3 is 10.1 Å². The van der Waals surface area contributed by atoms with Crippen LogP contribution in [0.5, 0.6) is 5.75 Å². The van der Waals surface area contributed by atoms with Gasteiger partial charge in [0.05, 0.1) is 24.7 Å². The van der Waals surface area contributed by atoms with Crippen molar-refractivity contribution < 1.29 is 17.9 Å². The fraction of sp³-hybridized carbons (Fsp3) is 0.316. The van der Waals surface area contributed by atoms with Crippen molar-refractivity contribution >= 4 is 27.3 Å². The van der Waals surface area contributed by atoms with Crippen LogP contribution in [0.1, 0.15) is 18.1 Å². The molecule has 140 valence electrons. The van der Waals surface area contributed by atoms with E-state index in [-0.39, 0.29) is 0 Å². The number of carbonyl (C=O) groups excluding carboxylic acids is 1. The molecule has 0 aromatic heterocycles. The van der Waals surface area contributed by atoms with E-state index in [0.717, 1.165) is 21.7 Å². The zero-order valence-corrected chi connectivity index (χ0v) is 16.4. The third-order valence-electron chi connectivity index (χ3n) is 3.99. The lowest BCUT2D eigenvalue weighted by Gasteiger charge is -2.28. The fourth-order valence-corrected chi connectivity index (χ4v) is 3.83. The molecule has 1 N–H and O–H groups in total. The lowest BCUT2D eigenvalue weighted by molar-refractivity contribution is -0.116. The van der Waals surface area contributed by atoms with Gasteiger partial charge in [-0.1, -0.05) is 23.8 Å². The number of aryl methyl sites for hydroxylation is 2. The van der Waals surface area contributed by atoms with Crippen LogP contribution in [0.4, 0.5) is 11.4 Å². The second-order valence-corrected chi connectivity index (χ2v) is 8.12. The number of hydrogen-bond donors (Lipinski definition) is 1. The van der Waals surface area contributed by atoms with Crippen molar-refractivity contribution in [1.82, 2.24) is 0 Å². The van der Waals surface area contributed by atoms with Crippen LogP contribution < -0.4 is 14.4 Å². The number of rotatable bonds is 6. The normalized spacial score (nSPS) is 12.3. The summed E-state index contributed by atoms with van der Waals surface area (Å²) in [6.45, 7) is 5.36. The van der Waals surface area contributed by atoms with Gasteiger partial charge in [0.2, 0.25) is 15.9 Å². The minimum absolute atomic E-state index is 0.442. The lowest BCUT2D eigenvalue weighted by atomic mass is 10.2. The standard InChI is InChI=1S/C19H24N2O4S/c1-13-6-9-16(10-7-13)21(26(5,23)24)15(3)19(22)20-17-12-14(2)8-11-18(17)25-4/h6-12,15H,1-5H3,(H,20,22)/t15-/m1/s1. The van der Waals surface area contributed by atoms with Crippen LogP contribution in [-0.2, 0) is 14.8 Å². The Labute approximate surface area is 154 Å². The molecule has 2 aromatic rings. The van der Waals surface area contributed by atoms with Crippen molar-refractivity contribution in [3.05, 3.63) is 53.6 Å². The van der Waals surface area contributed by atoms with Gasteiger partial charge in [-0.15, -0.1) is 0 Å². The van der Waals surface area contributed by atoms with Gasteiger partial charge in [0, 0.05) is 0 Å². The van der Waals surface area contributed by atoms with Gasteiger partial charge in [0.15, 0.2) is 0 Å². The summed E-state index contributed by atoms with van der Waals surface area (Å²) in [4.78, 5) is 12.7. The molecule has 0 spiro atoms. The number of amides is 1. The van der Waals surface area contributed by atoms with Crippen molar-refractivity contribution in [2.75, 3.05) is 23.0 Å². The summed E-state index contributed by atoms with van der Waals surface area (Å²) in [5.74, 6) is 0.0669.